The Morgan fingerprint density at radius 3 is 3.00 bits per heavy atom. The van der Waals surface area contributed by atoms with Gasteiger partial charge in [-0.25, -0.2) is 0 Å². The molecule has 0 amide bonds. The number of aromatic nitrogens is 2. The monoisotopic (exact) mass is 279 g/mol. The Hall–Kier alpha value is -2.19. The van der Waals surface area contributed by atoms with Crippen molar-refractivity contribution >= 4 is 16.6 Å². The lowest BCUT2D eigenvalue weighted by Gasteiger charge is -2.23. The molecule has 0 saturated carbocycles. The van der Waals surface area contributed by atoms with Gasteiger partial charge in [0, 0.05) is 24.0 Å². The van der Waals surface area contributed by atoms with E-state index in [0.29, 0.717) is 17.8 Å². The van der Waals surface area contributed by atoms with Crippen molar-refractivity contribution < 1.29 is 0 Å². The Labute approximate surface area is 123 Å². The number of nitrogens with zero attached hydrogens (tertiary/aromatic N) is 4. The first kappa shape index (κ1) is 12.5. The molecule has 5 heteroatoms. The highest BCUT2D eigenvalue weighted by molar-refractivity contribution is 5.92. The van der Waals surface area contributed by atoms with E-state index in [2.05, 4.69) is 26.5 Å². The van der Waals surface area contributed by atoms with E-state index in [9.17, 15) is 5.26 Å². The fourth-order valence-corrected chi connectivity index (χ4v) is 3.71. The van der Waals surface area contributed by atoms with Crippen molar-refractivity contribution in [1.29, 1.82) is 5.26 Å². The zero-order valence-corrected chi connectivity index (χ0v) is 11.8. The van der Waals surface area contributed by atoms with Crippen LogP contribution in [0.3, 0.4) is 0 Å². The molecule has 2 atom stereocenters. The van der Waals surface area contributed by atoms with Gasteiger partial charge < -0.3 is 5.32 Å². The summed E-state index contributed by atoms with van der Waals surface area (Å²) in [7, 11) is 0. The molecule has 4 rings (SSSR count). The summed E-state index contributed by atoms with van der Waals surface area (Å²) in [5.74, 6) is 0. The summed E-state index contributed by atoms with van der Waals surface area (Å²) in [4.78, 5) is 2.56. The summed E-state index contributed by atoms with van der Waals surface area (Å²) in [5, 5.41) is 22.1. The van der Waals surface area contributed by atoms with Gasteiger partial charge in [-0.2, -0.15) is 5.26 Å². The molecule has 21 heavy (non-hydrogen) atoms. The largest absolute Gasteiger partial charge is 0.378 e. The third-order valence-corrected chi connectivity index (χ3v) is 4.71. The van der Waals surface area contributed by atoms with Crippen molar-refractivity contribution in [1.82, 2.24) is 15.1 Å². The lowest BCUT2D eigenvalue weighted by molar-refractivity contribution is 0.318. The van der Waals surface area contributed by atoms with Crippen molar-refractivity contribution in [3.05, 3.63) is 30.0 Å². The molecule has 3 heterocycles. The van der Waals surface area contributed by atoms with Crippen molar-refractivity contribution in [2.75, 3.05) is 18.4 Å². The number of hydrogen-bond donors (Lipinski definition) is 1. The van der Waals surface area contributed by atoms with E-state index in [1.807, 2.05) is 24.3 Å². The molecule has 2 aliphatic rings. The maximum absolute atomic E-state index is 9.34. The molecule has 5 nitrogen and oxygen atoms in total. The first-order valence-corrected chi connectivity index (χ1v) is 7.53. The van der Waals surface area contributed by atoms with Crippen LogP contribution < -0.4 is 5.32 Å². The maximum atomic E-state index is 9.34. The molecule has 0 aliphatic carbocycles. The number of nitrogens with one attached hydrogen (secondary N) is 1. The van der Waals surface area contributed by atoms with E-state index in [0.717, 1.165) is 29.6 Å². The summed E-state index contributed by atoms with van der Waals surface area (Å²) in [6.45, 7) is 2.37. The van der Waals surface area contributed by atoms with E-state index in [4.69, 9.17) is 0 Å². The van der Waals surface area contributed by atoms with Crippen LogP contribution in [0.15, 0.2) is 24.3 Å². The third kappa shape index (κ3) is 2.03. The van der Waals surface area contributed by atoms with Gasteiger partial charge >= 0.3 is 0 Å². The summed E-state index contributed by atoms with van der Waals surface area (Å²) in [6.07, 6.45) is 3.66. The standard InChI is InChI=1S/C16H17N5/c17-10-14-16(11-4-1-2-5-12(11)19-20-14)18-13-7-9-21-8-3-6-15(13)21/h1-2,4-5,13,15H,3,6-9H2,(H,18,19). The Balaban J connectivity index is 1.74. The molecule has 0 spiro atoms. The number of rotatable bonds is 2. The lowest BCUT2D eigenvalue weighted by Crippen LogP contribution is -2.34. The molecular formula is C16H17N5. The second-order valence-corrected chi connectivity index (χ2v) is 5.84. The zero-order valence-electron chi connectivity index (χ0n) is 11.8. The predicted octanol–water partition coefficient (Wildman–Crippen LogP) is 2.15. The Morgan fingerprint density at radius 1 is 1.19 bits per heavy atom. The van der Waals surface area contributed by atoms with E-state index in [1.54, 1.807) is 0 Å². The average Bonchev–Trinajstić information content (AvgIpc) is 3.12. The molecule has 2 aliphatic heterocycles. The Bertz CT molecular complexity index is 720. The minimum absolute atomic E-state index is 0.394. The average molecular weight is 279 g/mol. The van der Waals surface area contributed by atoms with Crippen LogP contribution in [0.4, 0.5) is 5.69 Å². The van der Waals surface area contributed by atoms with Crippen LogP contribution in [-0.4, -0.2) is 40.3 Å². The van der Waals surface area contributed by atoms with Gasteiger partial charge in [-0.05, 0) is 31.9 Å². The van der Waals surface area contributed by atoms with Gasteiger partial charge in [0.15, 0.2) is 5.69 Å². The SMILES string of the molecule is N#Cc1nnc2ccccc2c1NC1CCN2CCCC12. The highest BCUT2D eigenvalue weighted by atomic mass is 15.2. The number of benzene rings is 1. The molecule has 0 bridgehead atoms. The first-order valence-electron chi connectivity index (χ1n) is 7.53. The highest BCUT2D eigenvalue weighted by Gasteiger charge is 2.37. The third-order valence-electron chi connectivity index (χ3n) is 4.71. The smallest absolute Gasteiger partial charge is 0.186 e. The second-order valence-electron chi connectivity index (χ2n) is 5.84. The van der Waals surface area contributed by atoms with Gasteiger partial charge in [-0.1, -0.05) is 18.2 Å². The zero-order chi connectivity index (χ0) is 14.2. The molecule has 1 aromatic heterocycles. The molecule has 2 unspecified atom stereocenters. The fourth-order valence-electron chi connectivity index (χ4n) is 3.71. The van der Waals surface area contributed by atoms with Crippen LogP contribution in [-0.2, 0) is 0 Å². The normalized spacial score (nSPS) is 24.9. The first-order chi connectivity index (χ1) is 10.4. The molecule has 2 aromatic rings. The van der Waals surface area contributed by atoms with Gasteiger partial charge in [-0.3, -0.25) is 4.90 Å². The number of nitriles is 1. The van der Waals surface area contributed by atoms with Crippen LogP contribution in [0.1, 0.15) is 25.0 Å². The maximum Gasteiger partial charge on any atom is 0.186 e. The van der Waals surface area contributed by atoms with E-state index >= 15 is 0 Å². The van der Waals surface area contributed by atoms with Crippen LogP contribution in [0.2, 0.25) is 0 Å². The molecule has 2 saturated heterocycles. The molecule has 1 N–H and O–H groups in total. The molecule has 2 fully saturated rings. The highest BCUT2D eigenvalue weighted by Crippen LogP contribution is 2.32. The van der Waals surface area contributed by atoms with Crippen molar-refractivity contribution in [3.63, 3.8) is 0 Å². The van der Waals surface area contributed by atoms with Crippen LogP contribution >= 0.6 is 0 Å². The predicted molar refractivity (Wildman–Crippen MR) is 80.9 cm³/mol. The number of anilines is 1. The second kappa shape index (κ2) is 4.97. The fraction of sp³-hybridized carbons (Fsp3) is 0.438. The van der Waals surface area contributed by atoms with E-state index in [-0.39, 0.29) is 0 Å². The molecule has 106 valence electrons. The minimum atomic E-state index is 0.394. The molecular weight excluding hydrogens is 262 g/mol. The summed E-state index contributed by atoms with van der Waals surface area (Å²) in [5.41, 5.74) is 2.08. The quantitative estimate of drug-likeness (QED) is 0.912. The Kier molecular flexibility index (Phi) is 2.97. The van der Waals surface area contributed by atoms with Crippen LogP contribution in [0.5, 0.6) is 0 Å². The van der Waals surface area contributed by atoms with Gasteiger partial charge in [0.25, 0.3) is 0 Å². The minimum Gasteiger partial charge on any atom is -0.378 e. The summed E-state index contributed by atoms with van der Waals surface area (Å²) in [6, 6.07) is 11.1. The van der Waals surface area contributed by atoms with Crippen molar-refractivity contribution in [2.24, 2.45) is 0 Å². The van der Waals surface area contributed by atoms with Gasteiger partial charge in [0.2, 0.25) is 0 Å². The van der Waals surface area contributed by atoms with Gasteiger partial charge in [0.1, 0.15) is 6.07 Å². The molecule has 1 aromatic carbocycles. The van der Waals surface area contributed by atoms with Crippen molar-refractivity contribution in [2.45, 2.75) is 31.3 Å². The van der Waals surface area contributed by atoms with E-state index in [1.165, 1.54) is 19.4 Å². The summed E-state index contributed by atoms with van der Waals surface area (Å²) >= 11 is 0. The van der Waals surface area contributed by atoms with Gasteiger partial charge in [0.05, 0.1) is 11.2 Å². The van der Waals surface area contributed by atoms with Crippen LogP contribution in [0, 0.1) is 11.3 Å². The van der Waals surface area contributed by atoms with Crippen LogP contribution in [0.25, 0.3) is 10.9 Å². The topological polar surface area (TPSA) is 64.8 Å². The number of hydrogen-bond acceptors (Lipinski definition) is 5. The molecule has 0 radical (unpaired) electrons. The van der Waals surface area contributed by atoms with Gasteiger partial charge in [-0.15, -0.1) is 10.2 Å². The lowest BCUT2D eigenvalue weighted by atomic mass is 10.1. The van der Waals surface area contributed by atoms with Crippen molar-refractivity contribution in [3.8, 4) is 6.07 Å². The Morgan fingerprint density at radius 2 is 2.10 bits per heavy atom. The number of fused-ring (bicyclic) bond motifs is 2. The summed E-state index contributed by atoms with van der Waals surface area (Å²) < 4.78 is 0. The van der Waals surface area contributed by atoms with E-state index < -0.39 is 0 Å².